The topological polar surface area (TPSA) is 35.5 Å². The Balaban J connectivity index is 1.56. The fraction of sp³-hybridized carbons (Fsp3) is 0.533. The average Bonchev–Trinajstić information content (AvgIpc) is 2.92. The molecule has 0 aromatic heterocycles. The molecule has 3 heteroatoms. The molecule has 1 aliphatic rings. The second-order valence-electron chi connectivity index (χ2n) is 4.70. The fourth-order valence-corrected chi connectivity index (χ4v) is 2.07. The lowest BCUT2D eigenvalue weighted by Gasteiger charge is -2.08. The standard InChI is InChI=1S/C15H20O3/c16-15(14-5-2-1-3-6-14)7-4-9-17-11-13-8-10-18-12-13/h1-3,5-6,13H,4,7-12H2. The van der Waals surface area contributed by atoms with Crippen LogP contribution < -0.4 is 0 Å². The number of rotatable bonds is 7. The van der Waals surface area contributed by atoms with Crippen molar-refractivity contribution in [3.05, 3.63) is 35.9 Å². The van der Waals surface area contributed by atoms with Gasteiger partial charge in [0, 0.05) is 31.1 Å². The molecule has 1 atom stereocenters. The van der Waals surface area contributed by atoms with Crippen LogP contribution in [0.15, 0.2) is 30.3 Å². The molecule has 1 unspecified atom stereocenters. The summed E-state index contributed by atoms with van der Waals surface area (Å²) in [7, 11) is 0. The molecule has 1 heterocycles. The molecule has 1 fully saturated rings. The third-order valence-electron chi connectivity index (χ3n) is 3.17. The van der Waals surface area contributed by atoms with Crippen LogP contribution in [0.4, 0.5) is 0 Å². The summed E-state index contributed by atoms with van der Waals surface area (Å²) >= 11 is 0. The van der Waals surface area contributed by atoms with Gasteiger partial charge in [0.05, 0.1) is 13.2 Å². The molecule has 1 aliphatic heterocycles. The molecule has 0 N–H and O–H groups in total. The van der Waals surface area contributed by atoms with Gasteiger partial charge in [-0.3, -0.25) is 4.79 Å². The summed E-state index contributed by atoms with van der Waals surface area (Å²) in [6.45, 7) is 3.11. The first kappa shape index (κ1) is 13.2. The number of hydrogen-bond donors (Lipinski definition) is 0. The first-order valence-electron chi connectivity index (χ1n) is 6.60. The highest BCUT2D eigenvalue weighted by molar-refractivity contribution is 5.95. The third kappa shape index (κ3) is 4.24. The van der Waals surface area contributed by atoms with Gasteiger partial charge < -0.3 is 9.47 Å². The Kier molecular flexibility index (Phi) is 5.36. The lowest BCUT2D eigenvalue weighted by molar-refractivity contribution is 0.0814. The summed E-state index contributed by atoms with van der Waals surface area (Å²) in [5.41, 5.74) is 0.793. The molecule has 1 aromatic carbocycles. The Morgan fingerprint density at radius 3 is 2.89 bits per heavy atom. The monoisotopic (exact) mass is 248 g/mol. The molecule has 18 heavy (non-hydrogen) atoms. The Hall–Kier alpha value is -1.19. The number of carbonyl (C=O) groups excluding carboxylic acids is 1. The van der Waals surface area contributed by atoms with Gasteiger partial charge >= 0.3 is 0 Å². The molecule has 0 radical (unpaired) electrons. The summed E-state index contributed by atoms with van der Waals surface area (Å²) in [5.74, 6) is 0.748. The smallest absolute Gasteiger partial charge is 0.162 e. The van der Waals surface area contributed by atoms with Crippen molar-refractivity contribution < 1.29 is 14.3 Å². The number of Topliss-reactive ketones (excluding diaryl/α,β-unsaturated/α-hetero) is 1. The first-order valence-corrected chi connectivity index (χ1v) is 6.60. The predicted molar refractivity (Wildman–Crippen MR) is 69.8 cm³/mol. The molecule has 98 valence electrons. The Morgan fingerprint density at radius 2 is 2.17 bits per heavy atom. The molecule has 0 spiro atoms. The minimum atomic E-state index is 0.198. The maximum atomic E-state index is 11.8. The van der Waals surface area contributed by atoms with Crippen LogP contribution in [-0.4, -0.2) is 32.2 Å². The van der Waals surface area contributed by atoms with Crippen molar-refractivity contribution in [3.8, 4) is 0 Å². The van der Waals surface area contributed by atoms with Gasteiger partial charge in [-0.15, -0.1) is 0 Å². The number of ketones is 1. The molecule has 0 amide bonds. The highest BCUT2D eigenvalue weighted by Crippen LogP contribution is 2.12. The van der Waals surface area contributed by atoms with Crippen LogP contribution in [0.2, 0.25) is 0 Å². The number of carbonyl (C=O) groups is 1. The van der Waals surface area contributed by atoms with Crippen molar-refractivity contribution in [2.24, 2.45) is 5.92 Å². The van der Waals surface area contributed by atoms with Gasteiger partial charge in [-0.25, -0.2) is 0 Å². The van der Waals surface area contributed by atoms with Crippen molar-refractivity contribution in [3.63, 3.8) is 0 Å². The molecule has 2 rings (SSSR count). The van der Waals surface area contributed by atoms with Crippen molar-refractivity contribution in [2.45, 2.75) is 19.3 Å². The second kappa shape index (κ2) is 7.29. The van der Waals surface area contributed by atoms with Crippen molar-refractivity contribution in [2.75, 3.05) is 26.4 Å². The van der Waals surface area contributed by atoms with E-state index in [1.165, 1.54) is 0 Å². The number of ether oxygens (including phenoxy) is 2. The van der Waals surface area contributed by atoms with Crippen molar-refractivity contribution >= 4 is 5.78 Å². The number of hydrogen-bond acceptors (Lipinski definition) is 3. The van der Waals surface area contributed by atoms with E-state index >= 15 is 0 Å². The number of benzene rings is 1. The van der Waals surface area contributed by atoms with Crippen LogP contribution in [0.1, 0.15) is 29.6 Å². The Bertz CT molecular complexity index is 355. The minimum Gasteiger partial charge on any atom is -0.381 e. The largest absolute Gasteiger partial charge is 0.381 e. The minimum absolute atomic E-state index is 0.198. The SMILES string of the molecule is O=C(CCCOCC1CCOC1)c1ccccc1. The molecule has 3 nitrogen and oxygen atoms in total. The van der Waals surface area contributed by atoms with E-state index in [4.69, 9.17) is 9.47 Å². The van der Waals surface area contributed by atoms with Crippen LogP contribution in [0.5, 0.6) is 0 Å². The van der Waals surface area contributed by atoms with Gasteiger partial charge in [0.25, 0.3) is 0 Å². The lowest BCUT2D eigenvalue weighted by atomic mass is 10.1. The van der Waals surface area contributed by atoms with Gasteiger partial charge in [0.15, 0.2) is 5.78 Å². The molecule has 1 aromatic rings. The van der Waals surface area contributed by atoms with E-state index in [-0.39, 0.29) is 5.78 Å². The fourth-order valence-electron chi connectivity index (χ4n) is 2.07. The molecular formula is C15H20O3. The average molecular weight is 248 g/mol. The Morgan fingerprint density at radius 1 is 1.33 bits per heavy atom. The van der Waals surface area contributed by atoms with Crippen LogP contribution in [0.3, 0.4) is 0 Å². The van der Waals surface area contributed by atoms with E-state index in [9.17, 15) is 4.79 Å². The second-order valence-corrected chi connectivity index (χ2v) is 4.70. The summed E-state index contributed by atoms with van der Waals surface area (Å²) in [5, 5.41) is 0. The molecule has 0 aliphatic carbocycles. The summed E-state index contributed by atoms with van der Waals surface area (Å²) in [4.78, 5) is 11.8. The first-order chi connectivity index (χ1) is 8.86. The summed E-state index contributed by atoms with van der Waals surface area (Å²) in [6, 6.07) is 9.43. The van der Waals surface area contributed by atoms with Gasteiger partial charge in [-0.2, -0.15) is 0 Å². The van der Waals surface area contributed by atoms with E-state index in [1.54, 1.807) is 0 Å². The lowest BCUT2D eigenvalue weighted by Crippen LogP contribution is -2.10. The van der Waals surface area contributed by atoms with Crippen LogP contribution in [0.25, 0.3) is 0 Å². The van der Waals surface area contributed by atoms with E-state index in [2.05, 4.69) is 0 Å². The van der Waals surface area contributed by atoms with E-state index in [0.29, 0.717) is 18.9 Å². The van der Waals surface area contributed by atoms with E-state index < -0.39 is 0 Å². The van der Waals surface area contributed by atoms with Crippen LogP contribution in [-0.2, 0) is 9.47 Å². The highest BCUT2D eigenvalue weighted by atomic mass is 16.5. The van der Waals surface area contributed by atoms with Crippen LogP contribution >= 0.6 is 0 Å². The maximum absolute atomic E-state index is 11.8. The zero-order valence-corrected chi connectivity index (χ0v) is 10.6. The maximum Gasteiger partial charge on any atom is 0.162 e. The molecular weight excluding hydrogens is 228 g/mol. The zero-order chi connectivity index (χ0) is 12.6. The zero-order valence-electron chi connectivity index (χ0n) is 10.6. The Labute approximate surface area is 108 Å². The van der Waals surface area contributed by atoms with Crippen molar-refractivity contribution in [1.82, 2.24) is 0 Å². The molecule has 0 saturated carbocycles. The third-order valence-corrected chi connectivity index (χ3v) is 3.17. The van der Waals surface area contributed by atoms with Gasteiger partial charge in [-0.05, 0) is 12.8 Å². The predicted octanol–water partition coefficient (Wildman–Crippen LogP) is 2.70. The van der Waals surface area contributed by atoms with Crippen LogP contribution in [0, 0.1) is 5.92 Å². The van der Waals surface area contributed by atoms with Gasteiger partial charge in [-0.1, -0.05) is 30.3 Å². The molecule has 0 bridgehead atoms. The summed E-state index contributed by atoms with van der Waals surface area (Å²) < 4.78 is 10.8. The van der Waals surface area contributed by atoms with Crippen molar-refractivity contribution in [1.29, 1.82) is 0 Å². The molecule has 1 saturated heterocycles. The van der Waals surface area contributed by atoms with E-state index in [1.807, 2.05) is 30.3 Å². The summed E-state index contributed by atoms with van der Waals surface area (Å²) in [6.07, 6.45) is 2.45. The highest BCUT2D eigenvalue weighted by Gasteiger charge is 2.15. The normalized spacial score (nSPS) is 19.0. The van der Waals surface area contributed by atoms with Gasteiger partial charge in [0.1, 0.15) is 0 Å². The van der Waals surface area contributed by atoms with Gasteiger partial charge in [0.2, 0.25) is 0 Å². The quantitative estimate of drug-likeness (QED) is 0.550. The van der Waals surface area contributed by atoms with E-state index in [0.717, 1.165) is 38.2 Å².